The molecule has 3 unspecified atom stereocenters. The summed E-state index contributed by atoms with van der Waals surface area (Å²) in [5.74, 6) is -3.72. The summed E-state index contributed by atoms with van der Waals surface area (Å²) in [5, 5.41) is 55.9. The van der Waals surface area contributed by atoms with Crippen molar-refractivity contribution in [1.82, 2.24) is 25.6 Å². The van der Waals surface area contributed by atoms with Crippen molar-refractivity contribution in [3.63, 3.8) is 0 Å². The molecule has 0 aliphatic carbocycles. The van der Waals surface area contributed by atoms with Crippen LogP contribution in [0.1, 0.15) is 185 Å². The molecule has 3 atom stereocenters. The van der Waals surface area contributed by atoms with Gasteiger partial charge in [-0.25, -0.2) is 42.5 Å². The summed E-state index contributed by atoms with van der Waals surface area (Å²) in [6, 6.07) is 41.8. The van der Waals surface area contributed by atoms with Gasteiger partial charge in [-0.3, -0.25) is 24.0 Å². The summed E-state index contributed by atoms with van der Waals surface area (Å²) in [6.07, 6.45) is -0.372. The second kappa shape index (κ2) is 34.0. The monoisotopic (exact) mass is 1580 g/mol. The summed E-state index contributed by atoms with van der Waals surface area (Å²) < 4.78 is 51.2. The van der Waals surface area contributed by atoms with Gasteiger partial charge in [0.25, 0.3) is 0 Å². The van der Waals surface area contributed by atoms with Gasteiger partial charge in [0, 0.05) is 57.0 Å². The fraction of sp³-hybridized carbons (Fsp3) is 0.314. The molecule has 3 aliphatic rings. The predicted octanol–water partition coefficient (Wildman–Crippen LogP) is 14.0. The number of halogens is 4. The lowest BCUT2D eigenvalue weighted by Gasteiger charge is -2.31. The van der Waals surface area contributed by atoms with E-state index in [-0.39, 0.29) is 89.2 Å². The van der Waals surface area contributed by atoms with Crippen LogP contribution in [0.2, 0.25) is 0 Å². The van der Waals surface area contributed by atoms with Gasteiger partial charge in [-0.2, -0.15) is 0 Å². The zero-order valence-electron chi connectivity index (χ0n) is 65.8. The highest BCUT2D eigenvalue weighted by Gasteiger charge is 2.40. The number of hydrogen-bond donors (Lipinski definition) is 11. The van der Waals surface area contributed by atoms with Crippen LogP contribution in [0.5, 0.6) is 0 Å². The molecule has 600 valence electrons. The van der Waals surface area contributed by atoms with Gasteiger partial charge >= 0.3 is 18.2 Å². The molecule has 9 aromatic rings. The van der Waals surface area contributed by atoms with Gasteiger partial charge in [-0.05, 0) is 271 Å². The smallest absolute Gasteiger partial charge is 0.408 e. The van der Waals surface area contributed by atoms with Crippen molar-refractivity contribution < 1.29 is 81.4 Å². The van der Waals surface area contributed by atoms with Crippen molar-refractivity contribution in [2.24, 2.45) is 11.5 Å². The van der Waals surface area contributed by atoms with Gasteiger partial charge in [0.1, 0.15) is 34.3 Å². The van der Waals surface area contributed by atoms with Crippen LogP contribution in [-0.4, -0.2) is 101 Å². The molecule has 0 spiro atoms. The Labute approximate surface area is 664 Å². The third-order valence-corrected chi connectivity index (χ3v) is 18.5. The maximum absolute atomic E-state index is 13.6. The van der Waals surface area contributed by atoms with Gasteiger partial charge in [0.15, 0.2) is 22.8 Å². The minimum Gasteiger partial charge on any atom is -0.478 e. The van der Waals surface area contributed by atoms with E-state index in [1.54, 1.807) is 185 Å². The zero-order chi connectivity index (χ0) is 83.5. The average molecular weight is 1580 g/mol. The molecule has 0 fully saturated rings. The number of carboxylic acid groups (broad SMARTS) is 1. The number of Topliss-reactive ketones (excluding diaryl/α,β-unsaturated/α-hetero) is 2. The molecule has 28 heteroatoms. The molecule has 12 rings (SSSR count). The number of alkyl carbamates (subject to hydrolysis) is 2. The Morgan fingerprint density at radius 2 is 0.719 bits per heavy atom. The normalized spacial score (nSPS) is 14.5. The number of ether oxygens (including phenoxy) is 2. The lowest BCUT2D eigenvalue weighted by atomic mass is 9.86. The number of carboxylic acids is 1. The van der Waals surface area contributed by atoms with E-state index in [0.29, 0.717) is 79.6 Å². The highest BCUT2D eigenvalue weighted by Crippen LogP contribution is 2.38. The van der Waals surface area contributed by atoms with Crippen molar-refractivity contribution >= 4 is 76.9 Å². The first-order chi connectivity index (χ1) is 52.4. The average Bonchev–Trinajstić information content (AvgIpc) is 1.09. The van der Waals surface area contributed by atoms with E-state index in [1.165, 1.54) is 68.4 Å². The topological polar surface area (TPSA) is 387 Å². The number of benzene rings is 6. The summed E-state index contributed by atoms with van der Waals surface area (Å²) >= 11 is 0. The minimum absolute atomic E-state index is 0. The Balaban J connectivity index is 0.000000199. The van der Waals surface area contributed by atoms with Crippen molar-refractivity contribution in [3.05, 3.63) is 248 Å². The van der Waals surface area contributed by atoms with Crippen molar-refractivity contribution in [2.45, 2.75) is 168 Å². The van der Waals surface area contributed by atoms with Gasteiger partial charge in [0.2, 0.25) is 17.7 Å². The standard InChI is InChI=1S/C30H32FN3O5.C25H24FN3O3.C22H30FN3O3.C9H7NO3.ClH/c1-28(2,3)39-27(37)34-29(4,5)20-15-23(17-9-11-21(31)12-10-17)32-24(16-20)30(6,38)26(36)19-8-7-18-14-25(35)33-22(18)13-19;1-24(2,27)17-12-20(14-6-8-18(26)9-7-14)28-21(13-17)25(3,32)23(31)16-5-4-15-11-22(30)29-19(15)10-16;1-20(2,3)29-19(27)26-21(4,5)15-11-17(14-7-9-16(23)10-8-14)25-18(12-15)22(6,28)13-24;11-8-4-5-1-2-6(9(12)13)3-7(5)10-8;/h7-13,15-16,38H,14H2,1-6H3,(H,33,35)(H,34,37);4-10,12-13,32H,11,27H2,1-3H3,(H,29,30);7-12,28H,13,24H2,1-6H3,(H,26,27);1-3H,4H2,(H,10,11)(H,12,13);1H. The number of nitrogens with one attached hydrogen (secondary N) is 5. The Morgan fingerprint density at radius 3 is 1.03 bits per heavy atom. The molecule has 114 heavy (non-hydrogen) atoms. The molecule has 6 heterocycles. The molecule has 24 nitrogen and oxygen atoms in total. The minimum atomic E-state index is -2.08. The number of anilines is 3. The maximum atomic E-state index is 13.6. The van der Waals surface area contributed by atoms with Gasteiger partial charge in [-0.1, -0.05) is 30.3 Å². The van der Waals surface area contributed by atoms with E-state index in [4.69, 9.17) is 26.0 Å². The van der Waals surface area contributed by atoms with Crippen molar-refractivity contribution in [2.75, 3.05) is 22.5 Å². The fourth-order valence-electron chi connectivity index (χ4n) is 12.0. The number of pyridine rings is 3. The number of carbonyl (C=O) groups excluding carboxylic acids is 7. The Bertz CT molecular complexity index is 5190. The van der Waals surface area contributed by atoms with E-state index in [1.807, 2.05) is 13.8 Å². The van der Waals surface area contributed by atoms with E-state index < -0.39 is 80.2 Å². The summed E-state index contributed by atoms with van der Waals surface area (Å²) in [5.41, 5.74) is 13.1. The molecule has 0 saturated heterocycles. The molecule has 13 N–H and O–H groups in total. The summed E-state index contributed by atoms with van der Waals surface area (Å²) in [6.45, 7) is 25.6. The molecule has 0 saturated carbocycles. The van der Waals surface area contributed by atoms with E-state index in [2.05, 4.69) is 41.5 Å². The number of rotatable bonds is 17. The van der Waals surface area contributed by atoms with Crippen LogP contribution < -0.4 is 38.1 Å². The SMILES string of the molecule is CC(C)(C)OC(=O)NC(C)(C)c1cc(-c2ccc(F)cc2)nc(C(C)(O)C(=O)c2ccc3c(c2)NC(=O)C3)c1.CC(C)(C)OC(=O)NC(C)(C)c1cc(-c2ccc(F)cc2)nc(C(C)(O)CN)c1.CC(C)(N)c1cc(-c2ccc(F)cc2)nc(C(C)(O)C(=O)c2ccc3c(c2)NC(=O)C3)c1.Cl.O=C1Cc2ccc(C(=O)O)cc2N1. The zero-order valence-corrected chi connectivity index (χ0v) is 66.6. The largest absolute Gasteiger partial charge is 0.478 e. The van der Waals surface area contributed by atoms with Gasteiger partial charge in [-0.15, -0.1) is 12.4 Å². The molecular weight excluding hydrogens is 1490 g/mol. The Morgan fingerprint density at radius 1 is 0.430 bits per heavy atom. The van der Waals surface area contributed by atoms with Crippen LogP contribution in [0.15, 0.2) is 164 Å². The van der Waals surface area contributed by atoms with E-state index in [9.17, 15) is 66.8 Å². The second-order valence-corrected chi connectivity index (χ2v) is 32.0. The Kier molecular flexibility index (Phi) is 26.2. The highest BCUT2D eigenvalue weighted by atomic mass is 35.5. The third kappa shape index (κ3) is 22.0. The molecule has 6 aromatic carbocycles. The predicted molar refractivity (Wildman–Crippen MR) is 428 cm³/mol. The van der Waals surface area contributed by atoms with Crippen LogP contribution in [0.25, 0.3) is 33.8 Å². The number of aromatic nitrogens is 3. The van der Waals surface area contributed by atoms with Gasteiger partial charge in [0.05, 0.1) is 70.1 Å². The number of hydrogen-bond acceptors (Lipinski definition) is 18. The van der Waals surface area contributed by atoms with Crippen LogP contribution in [0, 0.1) is 17.5 Å². The molecule has 0 bridgehead atoms. The lowest BCUT2D eigenvalue weighted by molar-refractivity contribution is -0.115. The maximum Gasteiger partial charge on any atom is 0.408 e. The van der Waals surface area contributed by atoms with Crippen molar-refractivity contribution in [3.8, 4) is 33.8 Å². The van der Waals surface area contributed by atoms with Crippen LogP contribution in [-0.2, 0) is 76.5 Å². The van der Waals surface area contributed by atoms with Crippen molar-refractivity contribution in [1.29, 1.82) is 0 Å². The number of ketones is 2. The van der Waals surface area contributed by atoms with E-state index in [0.717, 1.165) is 16.7 Å². The first-order valence-corrected chi connectivity index (χ1v) is 36.1. The fourth-order valence-corrected chi connectivity index (χ4v) is 12.0. The molecular formula is C86H94ClF3N10O14. The number of nitrogens with two attached hydrogens (primary N) is 2. The summed E-state index contributed by atoms with van der Waals surface area (Å²) in [7, 11) is 0. The number of nitrogens with zero attached hydrogens (tertiary/aromatic N) is 3. The van der Waals surface area contributed by atoms with Gasteiger partial charge < -0.3 is 68.0 Å². The number of amides is 5. The Hall–Kier alpha value is -11.6. The number of carbonyl (C=O) groups is 8. The second-order valence-electron chi connectivity index (χ2n) is 32.0. The number of fused-ring (bicyclic) bond motifs is 3. The molecule has 0 radical (unpaired) electrons. The van der Waals surface area contributed by atoms with Crippen LogP contribution in [0.4, 0.5) is 39.8 Å². The first kappa shape index (κ1) is 88.0. The lowest BCUT2D eigenvalue weighted by Crippen LogP contribution is -2.44. The molecule has 3 aromatic heterocycles. The number of aliphatic hydroxyl groups is 3. The first-order valence-electron chi connectivity index (χ1n) is 36.1. The quantitative estimate of drug-likeness (QED) is 0.0377. The third-order valence-electron chi connectivity index (χ3n) is 18.5. The van der Waals surface area contributed by atoms with Crippen LogP contribution >= 0.6 is 12.4 Å². The highest BCUT2D eigenvalue weighted by molar-refractivity contribution is 6.07. The van der Waals surface area contributed by atoms with Crippen LogP contribution in [0.3, 0.4) is 0 Å². The summed E-state index contributed by atoms with van der Waals surface area (Å²) in [4.78, 5) is 110. The molecule has 5 amide bonds. The number of aromatic carboxylic acids is 1. The molecule has 3 aliphatic heterocycles. The van der Waals surface area contributed by atoms with E-state index >= 15 is 0 Å².